The van der Waals surface area contributed by atoms with E-state index >= 15 is 0 Å². The number of thiazole rings is 1. The molecule has 0 unspecified atom stereocenters. The molecule has 5 heteroatoms. The third-order valence-electron chi connectivity index (χ3n) is 3.43. The lowest BCUT2D eigenvalue weighted by atomic mass is 10.2. The van der Waals surface area contributed by atoms with Crippen molar-refractivity contribution in [1.82, 2.24) is 9.97 Å². The summed E-state index contributed by atoms with van der Waals surface area (Å²) in [5, 5.41) is 3.13. The molecule has 0 aromatic carbocycles. The Morgan fingerprint density at radius 3 is 3.05 bits per heavy atom. The maximum absolute atomic E-state index is 5.84. The van der Waals surface area contributed by atoms with Crippen molar-refractivity contribution in [2.75, 3.05) is 0 Å². The molecule has 0 amide bonds. The Balaban J connectivity index is 1.81. The van der Waals surface area contributed by atoms with Crippen molar-refractivity contribution in [2.45, 2.75) is 25.3 Å². The van der Waals surface area contributed by atoms with Gasteiger partial charge < -0.3 is 5.73 Å². The van der Waals surface area contributed by atoms with E-state index in [1.807, 2.05) is 12.3 Å². The van der Waals surface area contributed by atoms with Crippen LogP contribution in [-0.4, -0.2) is 9.97 Å². The molecule has 1 saturated carbocycles. The lowest BCUT2D eigenvalue weighted by Gasteiger charge is -1.95. The van der Waals surface area contributed by atoms with Gasteiger partial charge in [-0.2, -0.15) is 0 Å². The molecule has 3 heterocycles. The highest BCUT2D eigenvalue weighted by molar-refractivity contribution is 7.17. The Hall–Kier alpha value is -1.30. The molecular formula is C14H13N3S2. The fourth-order valence-corrected chi connectivity index (χ4v) is 4.06. The monoisotopic (exact) mass is 287 g/mol. The third kappa shape index (κ3) is 1.98. The van der Waals surface area contributed by atoms with Crippen LogP contribution in [0.15, 0.2) is 23.7 Å². The van der Waals surface area contributed by atoms with E-state index in [1.165, 1.54) is 28.1 Å². The highest BCUT2D eigenvalue weighted by atomic mass is 32.1. The molecule has 0 spiro atoms. The van der Waals surface area contributed by atoms with Gasteiger partial charge in [-0.3, -0.25) is 4.98 Å². The number of thiophene rings is 1. The van der Waals surface area contributed by atoms with Gasteiger partial charge in [-0.25, -0.2) is 4.98 Å². The van der Waals surface area contributed by atoms with Crippen molar-refractivity contribution in [1.29, 1.82) is 0 Å². The topological polar surface area (TPSA) is 51.8 Å². The Bertz CT molecular complexity index is 740. The van der Waals surface area contributed by atoms with Crippen molar-refractivity contribution < 1.29 is 0 Å². The van der Waals surface area contributed by atoms with Crippen LogP contribution in [-0.2, 0) is 6.54 Å². The molecule has 2 N–H and O–H groups in total. The summed E-state index contributed by atoms with van der Waals surface area (Å²) in [6, 6.07) is 4.23. The fraction of sp³-hybridized carbons (Fsp3) is 0.286. The van der Waals surface area contributed by atoms with Crippen LogP contribution in [0.4, 0.5) is 0 Å². The van der Waals surface area contributed by atoms with Crippen molar-refractivity contribution >= 4 is 32.9 Å². The summed E-state index contributed by atoms with van der Waals surface area (Å²) in [6.07, 6.45) is 4.45. The molecule has 1 aliphatic carbocycles. The first-order chi connectivity index (χ1) is 9.35. The normalized spacial score (nSPS) is 15.2. The first kappa shape index (κ1) is 11.5. The molecule has 0 saturated heterocycles. The Labute approximate surface area is 119 Å². The van der Waals surface area contributed by atoms with E-state index in [1.54, 1.807) is 22.7 Å². The molecule has 19 heavy (non-hydrogen) atoms. The van der Waals surface area contributed by atoms with Gasteiger partial charge in [-0.1, -0.05) is 0 Å². The van der Waals surface area contributed by atoms with E-state index < -0.39 is 0 Å². The fourth-order valence-electron chi connectivity index (χ4n) is 2.27. The Morgan fingerprint density at radius 2 is 2.26 bits per heavy atom. The van der Waals surface area contributed by atoms with Crippen LogP contribution in [0.25, 0.3) is 20.8 Å². The summed E-state index contributed by atoms with van der Waals surface area (Å²) < 4.78 is 1.22. The summed E-state index contributed by atoms with van der Waals surface area (Å²) in [6.45, 7) is 0.595. The van der Waals surface area contributed by atoms with Crippen LogP contribution < -0.4 is 5.73 Å². The predicted octanol–water partition coefficient (Wildman–Crippen LogP) is 3.76. The largest absolute Gasteiger partial charge is 0.326 e. The highest BCUT2D eigenvalue weighted by Gasteiger charge is 2.29. The van der Waals surface area contributed by atoms with Crippen molar-refractivity contribution in [3.8, 4) is 10.6 Å². The first-order valence-electron chi connectivity index (χ1n) is 6.38. The van der Waals surface area contributed by atoms with Gasteiger partial charge in [0.25, 0.3) is 0 Å². The molecule has 0 atom stereocenters. The zero-order chi connectivity index (χ0) is 12.8. The Kier molecular flexibility index (Phi) is 2.65. The smallest absolute Gasteiger partial charge is 0.125 e. The minimum absolute atomic E-state index is 0.595. The number of nitrogens with two attached hydrogens (primary N) is 1. The quantitative estimate of drug-likeness (QED) is 0.798. The molecule has 4 rings (SSSR count). The van der Waals surface area contributed by atoms with Crippen molar-refractivity contribution in [3.63, 3.8) is 0 Å². The number of aromatic nitrogens is 2. The second kappa shape index (κ2) is 4.37. The maximum Gasteiger partial charge on any atom is 0.125 e. The molecule has 1 fully saturated rings. The summed E-state index contributed by atoms with van der Waals surface area (Å²) in [7, 11) is 0. The van der Waals surface area contributed by atoms with Crippen LogP contribution in [0.1, 0.15) is 29.3 Å². The van der Waals surface area contributed by atoms with E-state index in [9.17, 15) is 0 Å². The minimum atomic E-state index is 0.595. The second-order valence-electron chi connectivity index (χ2n) is 4.83. The van der Waals surface area contributed by atoms with Crippen LogP contribution in [0.5, 0.6) is 0 Å². The van der Waals surface area contributed by atoms with Gasteiger partial charge in [0.15, 0.2) is 0 Å². The average Bonchev–Trinajstić information content (AvgIpc) is 3.03. The maximum atomic E-state index is 5.84. The van der Waals surface area contributed by atoms with E-state index in [2.05, 4.69) is 16.4 Å². The second-order valence-corrected chi connectivity index (χ2v) is 6.87. The average molecular weight is 287 g/mol. The number of pyridine rings is 1. The minimum Gasteiger partial charge on any atom is -0.326 e. The van der Waals surface area contributed by atoms with Gasteiger partial charge in [-0.15, -0.1) is 22.7 Å². The Morgan fingerprint density at radius 1 is 1.37 bits per heavy atom. The zero-order valence-corrected chi connectivity index (χ0v) is 11.9. The number of nitrogens with zero attached hydrogens (tertiary/aromatic N) is 2. The van der Waals surface area contributed by atoms with E-state index in [-0.39, 0.29) is 0 Å². The number of hydrogen-bond acceptors (Lipinski definition) is 5. The first-order valence-corrected chi connectivity index (χ1v) is 8.08. The molecular weight excluding hydrogens is 274 g/mol. The van der Waals surface area contributed by atoms with Crippen LogP contribution in [0.3, 0.4) is 0 Å². The third-order valence-corrected chi connectivity index (χ3v) is 5.42. The van der Waals surface area contributed by atoms with Crippen LogP contribution in [0, 0.1) is 0 Å². The lowest BCUT2D eigenvalue weighted by Crippen LogP contribution is -1.96. The van der Waals surface area contributed by atoms with Crippen LogP contribution in [0.2, 0.25) is 0 Å². The molecule has 0 bridgehead atoms. The van der Waals surface area contributed by atoms with Gasteiger partial charge in [0.1, 0.15) is 5.01 Å². The van der Waals surface area contributed by atoms with Gasteiger partial charge in [0, 0.05) is 29.1 Å². The number of fused-ring (bicyclic) bond motifs is 1. The SMILES string of the molecule is NCc1sc(-c2cnc3ccsc3c2)nc1C1CC1. The standard InChI is InChI=1S/C14H13N3S2/c15-6-12-13(8-1-2-8)17-14(19-12)9-5-11-10(16-7-9)3-4-18-11/h3-5,7-8H,1-2,6,15H2. The summed E-state index contributed by atoms with van der Waals surface area (Å²) in [4.78, 5) is 10.5. The van der Waals surface area contributed by atoms with Gasteiger partial charge in [0.05, 0.1) is 15.9 Å². The van der Waals surface area contributed by atoms with E-state index in [4.69, 9.17) is 10.7 Å². The lowest BCUT2D eigenvalue weighted by molar-refractivity contribution is 0.979. The molecule has 0 aliphatic heterocycles. The molecule has 0 radical (unpaired) electrons. The molecule has 1 aliphatic rings. The summed E-state index contributed by atoms with van der Waals surface area (Å²) in [5.41, 5.74) is 9.24. The van der Waals surface area contributed by atoms with Crippen LogP contribution >= 0.6 is 22.7 Å². The number of rotatable bonds is 3. The van der Waals surface area contributed by atoms with Gasteiger partial charge in [0.2, 0.25) is 0 Å². The molecule has 3 aromatic rings. The summed E-state index contributed by atoms with van der Waals surface area (Å²) in [5.74, 6) is 0.655. The van der Waals surface area contributed by atoms with Gasteiger partial charge >= 0.3 is 0 Å². The summed E-state index contributed by atoms with van der Waals surface area (Å²) >= 11 is 3.44. The van der Waals surface area contributed by atoms with E-state index in [0.717, 1.165) is 16.1 Å². The predicted molar refractivity (Wildman–Crippen MR) is 80.6 cm³/mol. The highest BCUT2D eigenvalue weighted by Crippen LogP contribution is 2.44. The van der Waals surface area contributed by atoms with Crippen molar-refractivity contribution in [2.24, 2.45) is 5.73 Å². The molecule has 96 valence electrons. The van der Waals surface area contributed by atoms with Gasteiger partial charge in [-0.05, 0) is 30.4 Å². The molecule has 3 aromatic heterocycles. The van der Waals surface area contributed by atoms with Crippen molar-refractivity contribution in [3.05, 3.63) is 34.3 Å². The zero-order valence-electron chi connectivity index (χ0n) is 10.3. The number of hydrogen-bond donors (Lipinski definition) is 1. The molecule has 3 nitrogen and oxygen atoms in total. The van der Waals surface area contributed by atoms with E-state index in [0.29, 0.717) is 12.5 Å².